The first-order valence-electron chi connectivity index (χ1n) is 8.43. The lowest BCUT2D eigenvalue weighted by Gasteiger charge is -2.18. The molecule has 1 aliphatic heterocycles. The van der Waals surface area contributed by atoms with Crippen LogP contribution in [0.3, 0.4) is 0 Å². The molecule has 1 amide bonds. The number of fused-ring (bicyclic) bond motifs is 1. The van der Waals surface area contributed by atoms with E-state index in [9.17, 15) is 4.79 Å². The van der Waals surface area contributed by atoms with Gasteiger partial charge in [0.15, 0.2) is 17.3 Å². The summed E-state index contributed by atoms with van der Waals surface area (Å²) in [5.74, 6) is 2.29. The van der Waals surface area contributed by atoms with E-state index in [1.807, 2.05) is 36.4 Å². The number of hydrogen-bond acceptors (Lipinski definition) is 7. The van der Waals surface area contributed by atoms with E-state index in [-0.39, 0.29) is 5.91 Å². The number of carbonyl (C=O) groups is 1. The second-order valence-electron chi connectivity index (χ2n) is 5.79. The van der Waals surface area contributed by atoms with Crippen molar-refractivity contribution in [3.63, 3.8) is 0 Å². The van der Waals surface area contributed by atoms with Gasteiger partial charge in [0.1, 0.15) is 18.9 Å². The van der Waals surface area contributed by atoms with E-state index in [0.717, 1.165) is 16.2 Å². The number of hydrogen-bond donors (Lipinski definition) is 1. The minimum absolute atomic E-state index is 0.0688. The number of nitrogens with zero attached hydrogens (tertiary/aromatic N) is 2. The quantitative estimate of drug-likeness (QED) is 0.655. The molecule has 8 heteroatoms. The predicted octanol–water partition coefficient (Wildman–Crippen LogP) is 2.92. The van der Waals surface area contributed by atoms with Gasteiger partial charge in [-0.05, 0) is 30.3 Å². The molecule has 4 rings (SSSR count). The highest BCUT2D eigenvalue weighted by Gasteiger charge is 2.15. The van der Waals surface area contributed by atoms with Gasteiger partial charge in [0.25, 0.3) is 0 Å². The number of carbonyl (C=O) groups excluding carboxylic acids is 1. The lowest BCUT2D eigenvalue weighted by atomic mass is 10.1. The molecule has 3 aromatic rings. The van der Waals surface area contributed by atoms with Crippen molar-refractivity contribution < 1.29 is 18.8 Å². The summed E-state index contributed by atoms with van der Waals surface area (Å²) in [4.78, 5) is 16.9. The zero-order chi connectivity index (χ0) is 18.5. The Hall–Kier alpha value is -3.00. The van der Waals surface area contributed by atoms with E-state index in [4.69, 9.17) is 14.0 Å². The van der Waals surface area contributed by atoms with Crippen LogP contribution in [0.5, 0.6) is 11.5 Å². The zero-order valence-electron chi connectivity index (χ0n) is 14.4. The van der Waals surface area contributed by atoms with E-state index >= 15 is 0 Å². The number of pyridine rings is 1. The molecule has 0 fully saturated rings. The third-order valence-electron chi connectivity index (χ3n) is 3.87. The predicted molar refractivity (Wildman–Crippen MR) is 99.7 cm³/mol. The monoisotopic (exact) mass is 383 g/mol. The van der Waals surface area contributed by atoms with Crippen LogP contribution in [-0.2, 0) is 11.3 Å². The molecule has 7 nitrogen and oxygen atoms in total. The van der Waals surface area contributed by atoms with Gasteiger partial charge in [-0.1, -0.05) is 5.16 Å². The van der Waals surface area contributed by atoms with Crippen molar-refractivity contribution in [2.24, 2.45) is 0 Å². The highest BCUT2D eigenvalue weighted by molar-refractivity contribution is 8.00. The first-order chi connectivity index (χ1) is 13.3. The van der Waals surface area contributed by atoms with Gasteiger partial charge in [-0.2, -0.15) is 0 Å². The molecule has 0 bridgehead atoms. The van der Waals surface area contributed by atoms with E-state index in [1.165, 1.54) is 11.8 Å². The standard InChI is InChI=1S/C19H17N3O4S/c23-19(12-27-15-3-5-20-6-4-15)21-11-14-10-17(26-22-14)13-1-2-16-18(9-13)25-8-7-24-16/h1-6,9-10H,7-8,11-12H2,(H,21,23). The second kappa shape index (κ2) is 8.13. The molecule has 0 saturated carbocycles. The Labute approximate surface area is 160 Å². The van der Waals surface area contributed by atoms with Crippen LogP contribution in [0.2, 0.25) is 0 Å². The third-order valence-corrected chi connectivity index (χ3v) is 4.88. The molecule has 1 aromatic carbocycles. The van der Waals surface area contributed by atoms with Gasteiger partial charge in [-0.3, -0.25) is 9.78 Å². The molecule has 27 heavy (non-hydrogen) atoms. The number of thioether (sulfide) groups is 1. The zero-order valence-corrected chi connectivity index (χ0v) is 15.2. The maximum atomic E-state index is 12.0. The Morgan fingerprint density at radius 2 is 1.89 bits per heavy atom. The van der Waals surface area contributed by atoms with Crippen LogP contribution >= 0.6 is 11.8 Å². The van der Waals surface area contributed by atoms with Crippen molar-refractivity contribution in [3.05, 3.63) is 54.5 Å². The summed E-state index contributed by atoms with van der Waals surface area (Å²) in [6, 6.07) is 11.2. The Morgan fingerprint density at radius 3 is 2.74 bits per heavy atom. The Morgan fingerprint density at radius 1 is 1.07 bits per heavy atom. The summed E-state index contributed by atoms with van der Waals surface area (Å²) in [6.07, 6.45) is 3.41. The molecule has 0 aliphatic carbocycles. The summed E-state index contributed by atoms with van der Waals surface area (Å²) in [5, 5.41) is 6.86. The first-order valence-corrected chi connectivity index (χ1v) is 9.41. The minimum Gasteiger partial charge on any atom is -0.486 e. The van der Waals surface area contributed by atoms with Crippen molar-refractivity contribution in [2.45, 2.75) is 11.4 Å². The highest BCUT2D eigenvalue weighted by atomic mass is 32.2. The second-order valence-corrected chi connectivity index (χ2v) is 6.84. The summed E-state index contributed by atoms with van der Waals surface area (Å²) >= 11 is 1.46. The summed E-state index contributed by atoms with van der Waals surface area (Å²) in [5.41, 5.74) is 1.50. The average molecular weight is 383 g/mol. The molecule has 0 spiro atoms. The molecule has 1 aliphatic rings. The molecule has 0 unspecified atom stereocenters. The average Bonchev–Trinajstić information content (AvgIpc) is 3.20. The number of ether oxygens (including phenoxy) is 2. The Balaban J connectivity index is 1.32. The van der Waals surface area contributed by atoms with E-state index in [2.05, 4.69) is 15.5 Å². The molecular formula is C19H17N3O4S. The normalized spacial score (nSPS) is 12.6. The van der Waals surface area contributed by atoms with Crippen molar-refractivity contribution >= 4 is 17.7 Å². The molecule has 0 radical (unpaired) electrons. The highest BCUT2D eigenvalue weighted by Crippen LogP contribution is 2.34. The van der Waals surface area contributed by atoms with Crippen molar-refractivity contribution in [3.8, 4) is 22.8 Å². The van der Waals surface area contributed by atoms with Crippen LogP contribution < -0.4 is 14.8 Å². The van der Waals surface area contributed by atoms with Crippen molar-refractivity contribution in [1.82, 2.24) is 15.5 Å². The van der Waals surface area contributed by atoms with Gasteiger partial charge in [-0.25, -0.2) is 0 Å². The lowest BCUT2D eigenvalue weighted by Crippen LogP contribution is -2.24. The number of benzene rings is 1. The fourth-order valence-corrected chi connectivity index (χ4v) is 3.27. The van der Waals surface area contributed by atoms with Crippen LogP contribution in [0.15, 0.2) is 58.2 Å². The fraction of sp³-hybridized carbons (Fsp3) is 0.211. The summed E-state index contributed by atoms with van der Waals surface area (Å²) < 4.78 is 16.5. The lowest BCUT2D eigenvalue weighted by molar-refractivity contribution is -0.118. The number of nitrogens with one attached hydrogen (secondary N) is 1. The van der Waals surface area contributed by atoms with Gasteiger partial charge in [0.2, 0.25) is 5.91 Å². The van der Waals surface area contributed by atoms with Crippen LogP contribution in [0.1, 0.15) is 5.69 Å². The van der Waals surface area contributed by atoms with Crippen molar-refractivity contribution in [1.29, 1.82) is 0 Å². The third kappa shape index (κ3) is 4.40. The Kier molecular flexibility index (Phi) is 5.24. The van der Waals surface area contributed by atoms with Gasteiger partial charge < -0.3 is 19.3 Å². The van der Waals surface area contributed by atoms with Crippen LogP contribution in [-0.4, -0.2) is 35.0 Å². The van der Waals surface area contributed by atoms with Gasteiger partial charge in [0, 0.05) is 28.9 Å². The largest absolute Gasteiger partial charge is 0.486 e. The molecule has 0 saturated heterocycles. The van der Waals surface area contributed by atoms with Gasteiger partial charge in [-0.15, -0.1) is 11.8 Å². The summed E-state index contributed by atoms with van der Waals surface area (Å²) in [7, 11) is 0. The Bertz CT molecular complexity index is 930. The topological polar surface area (TPSA) is 86.5 Å². The fourth-order valence-electron chi connectivity index (χ4n) is 2.55. The van der Waals surface area contributed by atoms with E-state index in [0.29, 0.717) is 42.7 Å². The number of aromatic nitrogens is 2. The molecule has 3 heterocycles. The molecule has 0 atom stereocenters. The number of rotatable bonds is 6. The maximum absolute atomic E-state index is 12.0. The smallest absolute Gasteiger partial charge is 0.230 e. The molecule has 138 valence electrons. The van der Waals surface area contributed by atoms with Crippen LogP contribution in [0, 0.1) is 0 Å². The summed E-state index contributed by atoms with van der Waals surface area (Å²) in [6.45, 7) is 1.39. The van der Waals surface area contributed by atoms with E-state index in [1.54, 1.807) is 12.4 Å². The number of amides is 1. The maximum Gasteiger partial charge on any atom is 0.230 e. The van der Waals surface area contributed by atoms with Crippen LogP contribution in [0.4, 0.5) is 0 Å². The molecular weight excluding hydrogens is 366 g/mol. The first kappa shape index (κ1) is 17.4. The SMILES string of the molecule is O=C(CSc1ccncc1)NCc1cc(-c2ccc3c(c2)OCCO3)on1. The van der Waals surface area contributed by atoms with E-state index < -0.39 is 0 Å². The van der Waals surface area contributed by atoms with Gasteiger partial charge in [0.05, 0.1) is 12.3 Å². The van der Waals surface area contributed by atoms with Gasteiger partial charge >= 0.3 is 0 Å². The van der Waals surface area contributed by atoms with Crippen LogP contribution in [0.25, 0.3) is 11.3 Å². The molecule has 2 aromatic heterocycles. The minimum atomic E-state index is -0.0688. The molecule has 1 N–H and O–H groups in total. The van der Waals surface area contributed by atoms with Crippen molar-refractivity contribution in [2.75, 3.05) is 19.0 Å².